The number of Topliss-reactive ketones (excluding diaryl/α,β-unsaturated/α-hetero) is 1. The number of benzene rings is 1. The lowest BCUT2D eigenvalue weighted by Crippen LogP contribution is -2.59. The third-order valence-electron chi connectivity index (χ3n) is 6.86. The Labute approximate surface area is 291 Å². The molecule has 280 valence electrons. The van der Waals surface area contributed by atoms with Crippen LogP contribution in [0.2, 0.25) is 0 Å². The molecule has 8 N–H and O–H groups in total. The average Bonchev–Trinajstić information content (AvgIpc) is 3.02. The summed E-state index contributed by atoms with van der Waals surface area (Å²) in [6.07, 6.45) is 0.297. The van der Waals surface area contributed by atoms with Gasteiger partial charge in [0.15, 0.2) is 0 Å². The van der Waals surface area contributed by atoms with Gasteiger partial charge in [0.1, 0.15) is 36.3 Å². The minimum atomic E-state index is -4.78. The van der Waals surface area contributed by atoms with Crippen molar-refractivity contribution in [2.24, 2.45) is 11.7 Å². The van der Waals surface area contributed by atoms with Crippen LogP contribution in [0.25, 0.3) is 0 Å². The Morgan fingerprint density at radius 1 is 0.880 bits per heavy atom. The molecule has 0 radical (unpaired) electrons. The fraction of sp³-hybridized carbons (Fsp3) is 0.581. The average molecular weight is 729 g/mol. The highest BCUT2D eigenvalue weighted by Crippen LogP contribution is 2.13. The predicted molar refractivity (Wildman–Crippen MR) is 180 cm³/mol. The zero-order valence-electron chi connectivity index (χ0n) is 28.6. The summed E-state index contributed by atoms with van der Waals surface area (Å²) in [5, 5.41) is 12.2. The highest BCUT2D eigenvalue weighted by atomic mass is 32.2. The number of primary amides is 1. The second-order valence-electron chi connectivity index (χ2n) is 11.6. The molecule has 0 fully saturated rings. The number of esters is 1. The van der Waals surface area contributed by atoms with Gasteiger partial charge in [0.25, 0.3) is 10.1 Å². The summed E-state index contributed by atoms with van der Waals surface area (Å²) in [5.74, 6) is -5.64. The number of urea groups is 1. The largest absolute Gasteiger partial charge is 0.461 e. The van der Waals surface area contributed by atoms with Crippen molar-refractivity contribution in [3.05, 3.63) is 29.8 Å². The molecular weight excluding hydrogens is 680 g/mol. The van der Waals surface area contributed by atoms with Gasteiger partial charge in [-0.2, -0.15) is 8.42 Å². The third-order valence-corrected chi connectivity index (χ3v) is 7.61. The quantitative estimate of drug-likeness (QED) is 0.0442. The van der Waals surface area contributed by atoms with Crippen LogP contribution in [0.15, 0.2) is 24.3 Å². The van der Waals surface area contributed by atoms with E-state index in [9.17, 15) is 46.5 Å². The fourth-order valence-corrected chi connectivity index (χ4v) is 4.82. The van der Waals surface area contributed by atoms with Gasteiger partial charge in [-0.15, -0.1) is 0 Å². The van der Waals surface area contributed by atoms with E-state index >= 15 is 0 Å². The maximum absolute atomic E-state index is 13.5. The highest BCUT2D eigenvalue weighted by Gasteiger charge is 2.33. The van der Waals surface area contributed by atoms with Gasteiger partial charge in [-0.05, 0) is 43.4 Å². The van der Waals surface area contributed by atoms with Gasteiger partial charge in [-0.1, -0.05) is 32.9 Å². The molecule has 1 aromatic rings. The summed E-state index contributed by atoms with van der Waals surface area (Å²) in [5.41, 5.74) is 6.13. The fourth-order valence-electron chi connectivity index (χ4n) is 4.16. The number of amides is 6. The van der Waals surface area contributed by atoms with E-state index in [1.807, 2.05) is 0 Å². The minimum Gasteiger partial charge on any atom is -0.461 e. The second kappa shape index (κ2) is 22.2. The first-order chi connectivity index (χ1) is 23.4. The van der Waals surface area contributed by atoms with Crippen molar-refractivity contribution in [1.29, 1.82) is 0 Å². The van der Waals surface area contributed by atoms with Crippen molar-refractivity contribution in [1.82, 2.24) is 21.3 Å². The Hall–Kier alpha value is -4.62. The van der Waals surface area contributed by atoms with Crippen molar-refractivity contribution in [3.63, 3.8) is 0 Å². The minimum absolute atomic E-state index is 0.0254. The van der Waals surface area contributed by atoms with E-state index in [1.54, 1.807) is 45.0 Å². The van der Waals surface area contributed by atoms with Gasteiger partial charge in [0, 0.05) is 31.5 Å². The van der Waals surface area contributed by atoms with Crippen LogP contribution >= 0.6 is 0 Å². The molecule has 0 unspecified atom stereocenters. The Morgan fingerprint density at radius 3 is 2.08 bits per heavy atom. The SMILES string of the molecule is CCC(=O)OCc1ccc(NC(=O)[C@H](CCCNC(N)=O)NC(=O)[C@@H](NC(=O)[C@@H](CS(=O)(=O)O)NC(=O)CCOCCC(C)=O)C(C)C)cc1. The van der Waals surface area contributed by atoms with E-state index in [2.05, 4.69) is 26.6 Å². The van der Waals surface area contributed by atoms with Crippen LogP contribution in [-0.4, -0.2) is 98.0 Å². The number of ether oxygens (including phenoxy) is 2. The van der Waals surface area contributed by atoms with E-state index in [1.165, 1.54) is 6.92 Å². The number of anilines is 1. The molecule has 0 bridgehead atoms. The van der Waals surface area contributed by atoms with Gasteiger partial charge in [0.05, 0.1) is 13.2 Å². The molecule has 0 spiro atoms. The number of carbonyl (C=O) groups is 7. The molecule has 0 aliphatic rings. The van der Waals surface area contributed by atoms with Crippen LogP contribution in [0.3, 0.4) is 0 Å². The van der Waals surface area contributed by atoms with Crippen molar-refractivity contribution in [3.8, 4) is 0 Å². The first kappa shape index (κ1) is 43.4. The van der Waals surface area contributed by atoms with Crippen LogP contribution < -0.4 is 32.3 Å². The van der Waals surface area contributed by atoms with Crippen LogP contribution in [-0.2, 0) is 55.0 Å². The van der Waals surface area contributed by atoms with Gasteiger partial charge in [-0.25, -0.2) is 4.79 Å². The third kappa shape index (κ3) is 18.8. The number of hydrogen-bond acceptors (Lipinski definition) is 11. The summed E-state index contributed by atoms with van der Waals surface area (Å²) < 4.78 is 43.0. The maximum atomic E-state index is 13.5. The number of ketones is 1. The van der Waals surface area contributed by atoms with E-state index in [0.717, 1.165) is 0 Å². The Morgan fingerprint density at radius 2 is 1.52 bits per heavy atom. The van der Waals surface area contributed by atoms with Crippen LogP contribution in [0.4, 0.5) is 10.5 Å². The normalized spacial score (nSPS) is 12.9. The van der Waals surface area contributed by atoms with E-state index in [0.29, 0.717) is 11.3 Å². The second-order valence-corrected chi connectivity index (χ2v) is 13.1. The summed E-state index contributed by atoms with van der Waals surface area (Å²) in [7, 11) is -4.78. The lowest BCUT2D eigenvalue weighted by Gasteiger charge is -2.27. The summed E-state index contributed by atoms with van der Waals surface area (Å²) >= 11 is 0. The monoisotopic (exact) mass is 728 g/mol. The standard InChI is InChI=1S/C31H48N6O12S/c1-5-26(40)49-17-21-8-10-22(11-9-21)34-28(41)23(7-6-14-33-31(32)44)36-30(43)27(19(2)3)37-29(42)24(18-50(45,46)47)35-25(39)13-16-48-15-12-20(4)38/h8-11,19,23-24,27H,5-7,12-18H2,1-4H3,(H,34,41)(H,35,39)(H,36,43)(H,37,42)(H3,32,33,44)(H,45,46,47)/t23-,24+,27-/m0/s1. The van der Waals surface area contributed by atoms with Crippen molar-refractivity contribution >= 4 is 57.2 Å². The van der Waals surface area contributed by atoms with Gasteiger partial charge in [-0.3, -0.25) is 33.3 Å². The summed E-state index contributed by atoms with van der Waals surface area (Å²) in [4.78, 5) is 85.9. The highest BCUT2D eigenvalue weighted by molar-refractivity contribution is 7.85. The van der Waals surface area contributed by atoms with E-state index < -0.39 is 69.6 Å². The lowest BCUT2D eigenvalue weighted by atomic mass is 10.0. The predicted octanol–water partition coefficient (Wildman–Crippen LogP) is -0.0892. The summed E-state index contributed by atoms with van der Waals surface area (Å²) in [6, 6.07) is 1.32. The zero-order valence-corrected chi connectivity index (χ0v) is 29.4. The van der Waals surface area contributed by atoms with Crippen LogP contribution in [0, 0.1) is 5.92 Å². The number of nitrogens with two attached hydrogens (primary N) is 1. The molecule has 3 atom stereocenters. The molecule has 0 aliphatic heterocycles. The zero-order chi connectivity index (χ0) is 37.9. The maximum Gasteiger partial charge on any atom is 0.312 e. The van der Waals surface area contributed by atoms with Crippen molar-refractivity contribution in [2.75, 3.05) is 30.8 Å². The Kier molecular flexibility index (Phi) is 19.2. The molecule has 0 aromatic heterocycles. The molecule has 0 heterocycles. The number of hydrogen-bond donors (Lipinski definition) is 7. The number of rotatable bonds is 23. The molecule has 18 nitrogen and oxygen atoms in total. The number of carbonyl (C=O) groups excluding carboxylic acids is 7. The first-order valence-corrected chi connectivity index (χ1v) is 17.5. The molecule has 1 aromatic carbocycles. The van der Waals surface area contributed by atoms with E-state index in [-0.39, 0.29) is 70.2 Å². The molecule has 50 heavy (non-hydrogen) atoms. The molecular formula is C31H48N6O12S. The van der Waals surface area contributed by atoms with Crippen LogP contribution in [0.5, 0.6) is 0 Å². The van der Waals surface area contributed by atoms with Gasteiger partial charge < -0.3 is 41.8 Å². The molecule has 6 amide bonds. The topological polar surface area (TPSA) is 278 Å². The molecule has 0 saturated heterocycles. The lowest BCUT2D eigenvalue weighted by molar-refractivity contribution is -0.144. The van der Waals surface area contributed by atoms with Gasteiger partial charge in [0.2, 0.25) is 23.6 Å². The van der Waals surface area contributed by atoms with Crippen molar-refractivity contribution < 1.29 is 56.0 Å². The smallest absolute Gasteiger partial charge is 0.312 e. The molecule has 19 heteroatoms. The number of nitrogens with one attached hydrogen (secondary N) is 5. The molecule has 1 rings (SSSR count). The Bertz CT molecular complexity index is 1440. The summed E-state index contributed by atoms with van der Waals surface area (Å²) in [6.45, 7) is 6.24. The molecule has 0 aliphatic carbocycles. The van der Waals surface area contributed by atoms with E-state index in [4.69, 9.17) is 15.2 Å². The first-order valence-electron chi connectivity index (χ1n) is 15.9. The van der Waals surface area contributed by atoms with Gasteiger partial charge >= 0.3 is 12.0 Å². The Balaban J connectivity index is 3.06. The molecule has 0 saturated carbocycles. The van der Waals surface area contributed by atoms with Crippen molar-refractivity contribution in [2.45, 2.75) is 84.5 Å². The van der Waals surface area contributed by atoms with Crippen LogP contribution in [0.1, 0.15) is 65.4 Å².